The van der Waals surface area contributed by atoms with Crippen molar-refractivity contribution in [2.75, 3.05) is 5.32 Å². The van der Waals surface area contributed by atoms with Crippen LogP contribution in [0.15, 0.2) is 48.5 Å². The highest BCUT2D eigenvalue weighted by Crippen LogP contribution is 2.25. The Bertz CT molecular complexity index is 922. The fourth-order valence-corrected chi connectivity index (χ4v) is 2.98. The molecule has 4 nitrogen and oxygen atoms in total. The average molecular weight is 320 g/mol. The Morgan fingerprint density at radius 1 is 1.00 bits per heavy atom. The lowest BCUT2D eigenvalue weighted by molar-refractivity contribution is -0.112. The lowest BCUT2D eigenvalue weighted by Gasteiger charge is -2.13. The van der Waals surface area contributed by atoms with Crippen LogP contribution in [0.1, 0.15) is 41.4 Å². The molecule has 3 aromatic rings. The maximum Gasteiger partial charge on any atom is 0.296 e. The number of aryl methyl sites for hydroxylation is 1. The third kappa shape index (κ3) is 2.83. The van der Waals surface area contributed by atoms with Crippen LogP contribution >= 0.6 is 0 Å². The molecule has 0 saturated heterocycles. The zero-order valence-electron chi connectivity index (χ0n) is 14.0. The van der Waals surface area contributed by atoms with Crippen LogP contribution in [0.5, 0.6) is 0 Å². The number of benzene rings is 2. The second-order valence-corrected chi connectivity index (χ2v) is 6.20. The molecule has 0 aliphatic rings. The van der Waals surface area contributed by atoms with Gasteiger partial charge in [0.25, 0.3) is 11.7 Å². The summed E-state index contributed by atoms with van der Waals surface area (Å²) in [7, 11) is 0. The fourth-order valence-electron chi connectivity index (χ4n) is 2.98. The fraction of sp³-hybridized carbons (Fsp3) is 0.200. The van der Waals surface area contributed by atoms with Gasteiger partial charge in [-0.25, -0.2) is 0 Å². The first-order chi connectivity index (χ1) is 11.5. The van der Waals surface area contributed by atoms with E-state index in [0.29, 0.717) is 16.9 Å². The average Bonchev–Trinajstić information content (AvgIpc) is 2.90. The summed E-state index contributed by atoms with van der Waals surface area (Å²) in [5, 5.41) is 3.54. The number of amides is 1. The number of rotatable bonds is 4. The first-order valence-electron chi connectivity index (χ1n) is 8.01. The van der Waals surface area contributed by atoms with Gasteiger partial charge in [0.05, 0.1) is 5.56 Å². The lowest BCUT2D eigenvalue weighted by atomic mass is 10.0. The van der Waals surface area contributed by atoms with E-state index in [1.54, 1.807) is 0 Å². The molecule has 0 atom stereocenters. The second kappa shape index (κ2) is 6.32. The molecule has 0 aliphatic carbocycles. The van der Waals surface area contributed by atoms with Crippen molar-refractivity contribution in [1.29, 1.82) is 0 Å². The minimum absolute atomic E-state index is 0.256. The number of carbonyl (C=O) groups excluding carboxylic acids is 2. The van der Waals surface area contributed by atoms with E-state index in [2.05, 4.69) is 24.1 Å². The number of hydrogen-bond donors (Lipinski definition) is 2. The van der Waals surface area contributed by atoms with Crippen LogP contribution in [-0.2, 0) is 4.79 Å². The first kappa shape index (κ1) is 16.0. The minimum Gasteiger partial charge on any atom is -0.358 e. The van der Waals surface area contributed by atoms with Gasteiger partial charge >= 0.3 is 0 Å². The molecule has 0 bridgehead atoms. The molecule has 1 heterocycles. The number of nitrogens with one attached hydrogen (secondary N) is 2. The molecule has 4 heteroatoms. The van der Waals surface area contributed by atoms with E-state index in [-0.39, 0.29) is 5.92 Å². The molecular formula is C20H20N2O2. The topological polar surface area (TPSA) is 62.0 Å². The highest BCUT2D eigenvalue weighted by Gasteiger charge is 2.23. The van der Waals surface area contributed by atoms with Gasteiger partial charge in [-0.3, -0.25) is 9.59 Å². The number of fused-ring (bicyclic) bond motifs is 1. The molecule has 2 N–H and O–H groups in total. The summed E-state index contributed by atoms with van der Waals surface area (Å²) >= 11 is 0. The zero-order valence-corrected chi connectivity index (χ0v) is 14.0. The van der Waals surface area contributed by atoms with Crippen LogP contribution in [0.25, 0.3) is 10.9 Å². The summed E-state index contributed by atoms with van der Waals surface area (Å²) in [5.74, 6) is -0.883. The summed E-state index contributed by atoms with van der Waals surface area (Å²) in [4.78, 5) is 28.4. The van der Waals surface area contributed by atoms with Crippen molar-refractivity contribution in [2.24, 2.45) is 0 Å². The summed E-state index contributed by atoms with van der Waals surface area (Å²) < 4.78 is 0. The quantitative estimate of drug-likeness (QED) is 0.552. The van der Waals surface area contributed by atoms with Gasteiger partial charge in [0.2, 0.25) is 0 Å². The van der Waals surface area contributed by atoms with Gasteiger partial charge in [-0.15, -0.1) is 0 Å². The lowest BCUT2D eigenvalue weighted by Crippen LogP contribution is -2.24. The highest BCUT2D eigenvalue weighted by molar-refractivity contribution is 6.48. The normalized spacial score (nSPS) is 11.0. The van der Waals surface area contributed by atoms with E-state index in [1.165, 1.54) is 0 Å². The van der Waals surface area contributed by atoms with Gasteiger partial charge in [-0.2, -0.15) is 0 Å². The molecule has 3 rings (SSSR count). The number of Topliss-reactive ketones (excluding diaryl/α,β-unsaturated/α-hetero) is 1. The molecule has 1 amide bonds. The Morgan fingerprint density at radius 3 is 2.42 bits per heavy atom. The van der Waals surface area contributed by atoms with Crippen LogP contribution in [0.3, 0.4) is 0 Å². The van der Waals surface area contributed by atoms with Crippen molar-refractivity contribution < 1.29 is 9.59 Å². The molecule has 2 aromatic carbocycles. The molecule has 0 saturated carbocycles. The van der Waals surface area contributed by atoms with Crippen molar-refractivity contribution in [2.45, 2.75) is 26.7 Å². The van der Waals surface area contributed by atoms with E-state index < -0.39 is 11.7 Å². The Kier molecular flexibility index (Phi) is 4.21. The molecule has 122 valence electrons. The Hall–Kier alpha value is -2.88. The summed E-state index contributed by atoms with van der Waals surface area (Å²) in [6.07, 6.45) is 0. The number of para-hydroxylation sites is 2. The van der Waals surface area contributed by atoms with Gasteiger partial charge in [-0.05, 0) is 30.5 Å². The van der Waals surface area contributed by atoms with Crippen molar-refractivity contribution in [1.82, 2.24) is 4.98 Å². The molecule has 24 heavy (non-hydrogen) atoms. The van der Waals surface area contributed by atoms with Gasteiger partial charge in [0.1, 0.15) is 0 Å². The number of hydrogen-bond acceptors (Lipinski definition) is 2. The highest BCUT2D eigenvalue weighted by atomic mass is 16.2. The van der Waals surface area contributed by atoms with Crippen LogP contribution in [0, 0.1) is 6.92 Å². The number of aromatic amines is 1. The van der Waals surface area contributed by atoms with Gasteiger partial charge in [0.15, 0.2) is 0 Å². The third-order valence-corrected chi connectivity index (χ3v) is 4.16. The minimum atomic E-state index is -0.615. The summed E-state index contributed by atoms with van der Waals surface area (Å²) in [6, 6.07) is 15.1. The van der Waals surface area contributed by atoms with E-state index in [1.807, 2.05) is 55.5 Å². The largest absolute Gasteiger partial charge is 0.358 e. The van der Waals surface area contributed by atoms with Crippen LogP contribution in [0.4, 0.5) is 5.69 Å². The molecule has 0 unspecified atom stereocenters. The summed E-state index contributed by atoms with van der Waals surface area (Å²) in [5.41, 5.74) is 3.69. The van der Waals surface area contributed by atoms with Crippen molar-refractivity contribution >= 4 is 28.3 Å². The Labute approximate surface area is 140 Å². The number of carbonyl (C=O) groups is 2. The predicted molar refractivity (Wildman–Crippen MR) is 96.5 cm³/mol. The smallest absolute Gasteiger partial charge is 0.296 e. The van der Waals surface area contributed by atoms with E-state index in [0.717, 1.165) is 16.5 Å². The zero-order chi connectivity index (χ0) is 17.3. The first-order valence-corrected chi connectivity index (χ1v) is 8.01. The van der Waals surface area contributed by atoms with Crippen molar-refractivity contribution in [3.05, 3.63) is 65.4 Å². The monoisotopic (exact) mass is 320 g/mol. The van der Waals surface area contributed by atoms with Crippen molar-refractivity contribution in [3.63, 3.8) is 0 Å². The standard InChI is InChI=1S/C20H20N2O2/c1-12(2)14-8-4-6-10-16(14)22-20(24)19(23)18-13(3)21-17-11-7-5-9-15(17)18/h4-12,21H,1-3H3,(H,22,24). The predicted octanol–water partition coefficient (Wildman–Crippen LogP) is 4.42. The van der Waals surface area contributed by atoms with Gasteiger partial charge in [0, 0.05) is 22.3 Å². The third-order valence-electron chi connectivity index (χ3n) is 4.16. The van der Waals surface area contributed by atoms with Crippen LogP contribution in [-0.4, -0.2) is 16.7 Å². The van der Waals surface area contributed by atoms with E-state index in [9.17, 15) is 9.59 Å². The van der Waals surface area contributed by atoms with Gasteiger partial charge < -0.3 is 10.3 Å². The Balaban J connectivity index is 1.93. The molecule has 0 aliphatic heterocycles. The molecule has 0 spiro atoms. The van der Waals surface area contributed by atoms with Gasteiger partial charge in [-0.1, -0.05) is 50.2 Å². The SMILES string of the molecule is Cc1[nH]c2ccccc2c1C(=O)C(=O)Nc1ccccc1C(C)C. The second-order valence-electron chi connectivity index (χ2n) is 6.20. The number of ketones is 1. The summed E-state index contributed by atoms with van der Waals surface area (Å²) in [6.45, 7) is 5.91. The molecule has 0 radical (unpaired) electrons. The van der Waals surface area contributed by atoms with Crippen LogP contribution < -0.4 is 5.32 Å². The van der Waals surface area contributed by atoms with E-state index in [4.69, 9.17) is 0 Å². The maximum atomic E-state index is 12.7. The maximum absolute atomic E-state index is 12.7. The number of anilines is 1. The number of H-pyrrole nitrogens is 1. The Morgan fingerprint density at radius 2 is 1.67 bits per heavy atom. The molecular weight excluding hydrogens is 300 g/mol. The molecule has 1 aromatic heterocycles. The molecule has 0 fully saturated rings. The van der Waals surface area contributed by atoms with Crippen LogP contribution in [0.2, 0.25) is 0 Å². The number of aromatic nitrogens is 1. The van der Waals surface area contributed by atoms with Crippen molar-refractivity contribution in [3.8, 4) is 0 Å². The van der Waals surface area contributed by atoms with E-state index >= 15 is 0 Å².